The van der Waals surface area contributed by atoms with E-state index in [-0.39, 0.29) is 11.7 Å². The Hall–Kier alpha value is -1.75. The number of aromatic hydroxyl groups is 1. The zero-order valence-electron chi connectivity index (χ0n) is 11.7. The van der Waals surface area contributed by atoms with Gasteiger partial charge in [0.25, 0.3) is 0 Å². The van der Waals surface area contributed by atoms with Gasteiger partial charge in [-0.2, -0.15) is 0 Å². The third-order valence-corrected chi connectivity index (χ3v) is 3.59. The minimum absolute atomic E-state index is 0.181. The molecule has 5 nitrogen and oxygen atoms in total. The Morgan fingerprint density at radius 2 is 2.15 bits per heavy atom. The van der Waals surface area contributed by atoms with Crippen molar-refractivity contribution in [3.63, 3.8) is 0 Å². The SMILES string of the molecule is COC(=O)CN1CCC(COc2cccc(O)c2)CC1. The van der Waals surface area contributed by atoms with Crippen LogP contribution in [-0.2, 0) is 9.53 Å². The number of hydrogen-bond acceptors (Lipinski definition) is 5. The minimum Gasteiger partial charge on any atom is -0.508 e. The Morgan fingerprint density at radius 3 is 2.80 bits per heavy atom. The van der Waals surface area contributed by atoms with E-state index < -0.39 is 0 Å². The number of esters is 1. The summed E-state index contributed by atoms with van der Waals surface area (Å²) < 4.78 is 10.4. The lowest BCUT2D eigenvalue weighted by atomic mass is 9.98. The summed E-state index contributed by atoms with van der Waals surface area (Å²) in [5, 5.41) is 9.36. The molecular weight excluding hydrogens is 258 g/mol. The van der Waals surface area contributed by atoms with Crippen LogP contribution in [-0.4, -0.2) is 49.3 Å². The number of rotatable bonds is 5. The van der Waals surface area contributed by atoms with Gasteiger partial charge in [-0.05, 0) is 44.0 Å². The minimum atomic E-state index is -0.181. The molecular formula is C15H21NO4. The van der Waals surface area contributed by atoms with Crippen molar-refractivity contribution in [1.82, 2.24) is 4.90 Å². The Labute approximate surface area is 119 Å². The van der Waals surface area contributed by atoms with Crippen molar-refractivity contribution in [2.75, 3.05) is 33.4 Å². The molecule has 0 bridgehead atoms. The van der Waals surface area contributed by atoms with E-state index >= 15 is 0 Å². The average Bonchev–Trinajstić information content (AvgIpc) is 2.46. The van der Waals surface area contributed by atoms with E-state index in [4.69, 9.17) is 4.74 Å². The fourth-order valence-corrected chi connectivity index (χ4v) is 2.35. The summed E-state index contributed by atoms with van der Waals surface area (Å²) in [5.41, 5.74) is 0. The smallest absolute Gasteiger partial charge is 0.319 e. The van der Waals surface area contributed by atoms with Crippen LogP contribution >= 0.6 is 0 Å². The summed E-state index contributed by atoms with van der Waals surface area (Å²) in [6.07, 6.45) is 2.02. The van der Waals surface area contributed by atoms with Crippen molar-refractivity contribution in [2.45, 2.75) is 12.8 Å². The molecule has 0 aliphatic carbocycles. The summed E-state index contributed by atoms with van der Waals surface area (Å²) in [7, 11) is 1.41. The van der Waals surface area contributed by atoms with E-state index in [9.17, 15) is 9.90 Å². The molecule has 1 fully saturated rings. The van der Waals surface area contributed by atoms with Gasteiger partial charge in [0.05, 0.1) is 20.3 Å². The molecule has 0 aromatic heterocycles. The number of hydrogen-bond donors (Lipinski definition) is 1. The summed E-state index contributed by atoms with van der Waals surface area (Å²) >= 11 is 0. The number of carbonyl (C=O) groups excluding carboxylic acids is 1. The quantitative estimate of drug-likeness (QED) is 0.831. The fraction of sp³-hybridized carbons (Fsp3) is 0.533. The number of benzene rings is 1. The van der Waals surface area contributed by atoms with Crippen molar-refractivity contribution >= 4 is 5.97 Å². The predicted octanol–water partition coefficient (Wildman–Crippen LogP) is 1.66. The van der Waals surface area contributed by atoms with Crippen LogP contribution in [0.2, 0.25) is 0 Å². The molecule has 0 radical (unpaired) electrons. The normalized spacial score (nSPS) is 16.9. The molecule has 110 valence electrons. The highest BCUT2D eigenvalue weighted by Crippen LogP contribution is 2.21. The highest BCUT2D eigenvalue weighted by Gasteiger charge is 2.21. The van der Waals surface area contributed by atoms with Crippen molar-refractivity contribution in [3.8, 4) is 11.5 Å². The highest BCUT2D eigenvalue weighted by molar-refractivity contribution is 5.71. The maximum Gasteiger partial charge on any atom is 0.319 e. The van der Waals surface area contributed by atoms with Crippen molar-refractivity contribution < 1.29 is 19.4 Å². The van der Waals surface area contributed by atoms with E-state index in [0.717, 1.165) is 25.9 Å². The number of phenolic OH excluding ortho intramolecular Hbond substituents is 1. The maximum absolute atomic E-state index is 11.2. The van der Waals surface area contributed by atoms with Crippen LogP contribution in [0.15, 0.2) is 24.3 Å². The molecule has 0 saturated carbocycles. The maximum atomic E-state index is 11.2. The zero-order chi connectivity index (χ0) is 14.4. The zero-order valence-corrected chi connectivity index (χ0v) is 11.7. The number of methoxy groups -OCH3 is 1. The Balaban J connectivity index is 1.70. The first-order valence-corrected chi connectivity index (χ1v) is 6.88. The van der Waals surface area contributed by atoms with Crippen molar-refractivity contribution in [1.29, 1.82) is 0 Å². The number of likely N-dealkylation sites (tertiary alicyclic amines) is 1. The fourth-order valence-electron chi connectivity index (χ4n) is 2.35. The van der Waals surface area contributed by atoms with Crippen LogP contribution in [0.5, 0.6) is 11.5 Å². The van der Waals surface area contributed by atoms with Crippen LogP contribution in [0.4, 0.5) is 0 Å². The summed E-state index contributed by atoms with van der Waals surface area (Å²) in [6, 6.07) is 6.85. The average molecular weight is 279 g/mol. The van der Waals surface area contributed by atoms with Gasteiger partial charge in [-0.1, -0.05) is 6.07 Å². The second kappa shape index (κ2) is 7.14. The Bertz CT molecular complexity index is 441. The van der Waals surface area contributed by atoms with Crippen molar-refractivity contribution in [3.05, 3.63) is 24.3 Å². The molecule has 0 atom stereocenters. The molecule has 2 rings (SSSR count). The van der Waals surface area contributed by atoms with Crippen molar-refractivity contribution in [2.24, 2.45) is 5.92 Å². The van der Waals surface area contributed by atoms with Gasteiger partial charge in [-0.15, -0.1) is 0 Å². The third-order valence-electron chi connectivity index (χ3n) is 3.59. The predicted molar refractivity (Wildman–Crippen MR) is 74.8 cm³/mol. The molecule has 5 heteroatoms. The first kappa shape index (κ1) is 14.7. The molecule has 1 aromatic carbocycles. The van der Waals surface area contributed by atoms with E-state index in [1.807, 2.05) is 6.07 Å². The first-order valence-electron chi connectivity index (χ1n) is 6.88. The summed E-state index contributed by atoms with van der Waals surface area (Å²) in [4.78, 5) is 13.3. The van der Waals surface area contributed by atoms with Gasteiger partial charge in [0.2, 0.25) is 0 Å². The number of carbonyl (C=O) groups is 1. The van der Waals surface area contributed by atoms with Gasteiger partial charge in [0.15, 0.2) is 0 Å². The number of ether oxygens (including phenoxy) is 2. The van der Waals surface area contributed by atoms with E-state index in [0.29, 0.717) is 24.8 Å². The lowest BCUT2D eigenvalue weighted by Gasteiger charge is -2.30. The second-order valence-corrected chi connectivity index (χ2v) is 5.10. The number of nitrogens with zero attached hydrogens (tertiary/aromatic N) is 1. The van der Waals surface area contributed by atoms with Crippen LogP contribution in [0, 0.1) is 5.92 Å². The molecule has 20 heavy (non-hydrogen) atoms. The van der Waals surface area contributed by atoms with E-state index in [1.165, 1.54) is 7.11 Å². The van der Waals surface area contributed by atoms with E-state index in [1.54, 1.807) is 18.2 Å². The number of phenols is 1. The van der Waals surface area contributed by atoms with Gasteiger partial charge in [0.1, 0.15) is 11.5 Å². The van der Waals surface area contributed by atoms with E-state index in [2.05, 4.69) is 9.64 Å². The molecule has 1 heterocycles. The highest BCUT2D eigenvalue weighted by atomic mass is 16.5. The summed E-state index contributed by atoms with van der Waals surface area (Å²) in [5.74, 6) is 1.23. The topological polar surface area (TPSA) is 59.0 Å². The largest absolute Gasteiger partial charge is 0.508 e. The lowest BCUT2D eigenvalue weighted by molar-refractivity contribution is -0.142. The van der Waals surface area contributed by atoms with Gasteiger partial charge in [-0.25, -0.2) is 0 Å². The van der Waals surface area contributed by atoms with Gasteiger partial charge in [0, 0.05) is 6.07 Å². The Morgan fingerprint density at radius 1 is 1.40 bits per heavy atom. The van der Waals surface area contributed by atoms with Crippen LogP contribution in [0.1, 0.15) is 12.8 Å². The van der Waals surface area contributed by atoms with Crippen LogP contribution in [0.3, 0.4) is 0 Å². The van der Waals surface area contributed by atoms with Crippen LogP contribution in [0.25, 0.3) is 0 Å². The molecule has 0 amide bonds. The molecule has 1 aromatic rings. The molecule has 0 unspecified atom stereocenters. The van der Waals surface area contributed by atoms with Gasteiger partial charge >= 0.3 is 5.97 Å². The molecule has 1 aliphatic rings. The summed E-state index contributed by atoms with van der Waals surface area (Å²) in [6.45, 7) is 2.80. The lowest BCUT2D eigenvalue weighted by Crippen LogP contribution is -2.39. The Kier molecular flexibility index (Phi) is 5.24. The second-order valence-electron chi connectivity index (χ2n) is 5.10. The molecule has 1 saturated heterocycles. The first-order chi connectivity index (χ1) is 9.67. The van der Waals surface area contributed by atoms with Gasteiger partial charge in [-0.3, -0.25) is 9.69 Å². The standard InChI is InChI=1S/C15H21NO4/c1-19-15(18)10-16-7-5-12(6-8-16)11-20-14-4-2-3-13(17)9-14/h2-4,9,12,17H,5-8,10-11H2,1H3. The van der Waals surface area contributed by atoms with Crippen LogP contribution < -0.4 is 4.74 Å². The number of piperidine rings is 1. The third kappa shape index (κ3) is 4.42. The molecule has 0 spiro atoms. The molecule has 1 aliphatic heterocycles. The van der Waals surface area contributed by atoms with Gasteiger partial charge < -0.3 is 14.6 Å². The monoisotopic (exact) mass is 279 g/mol. The molecule has 1 N–H and O–H groups in total.